The second-order valence-electron chi connectivity index (χ2n) is 4.48. The maximum absolute atomic E-state index is 10.7. The van der Waals surface area contributed by atoms with E-state index in [1.54, 1.807) is 13.0 Å². The number of ether oxygens (including phenoxy) is 1. The minimum absolute atomic E-state index is 0.0746. The average molecular weight is 267 g/mol. The highest BCUT2D eigenvalue weighted by molar-refractivity contribution is 5.67. The molecular weight excluding hydrogens is 246 g/mol. The van der Waals surface area contributed by atoms with Crippen molar-refractivity contribution in [2.45, 2.75) is 40.2 Å². The summed E-state index contributed by atoms with van der Waals surface area (Å²) in [4.78, 5) is 21.2. The molecule has 0 spiro atoms. The van der Waals surface area contributed by atoms with Crippen LogP contribution >= 0.6 is 0 Å². The lowest BCUT2D eigenvalue weighted by atomic mass is 10.2. The molecule has 0 atom stereocenters. The number of aliphatic carboxylic acids is 1. The van der Waals surface area contributed by atoms with E-state index < -0.39 is 5.97 Å². The first kappa shape index (κ1) is 15.2. The number of nitrogens with zero attached hydrogens (tertiary/aromatic N) is 3. The summed E-state index contributed by atoms with van der Waals surface area (Å²) in [7, 11) is 0. The molecule has 0 fully saturated rings. The summed E-state index contributed by atoms with van der Waals surface area (Å²) in [6.45, 7) is 8.63. The van der Waals surface area contributed by atoms with E-state index in [0.29, 0.717) is 30.7 Å². The Balaban J connectivity index is 2.97. The SMILES string of the molecule is CCOc1cc(N(CCC(=O)O)C(C)C)nc(C)n1. The fraction of sp³-hybridized carbons (Fsp3) is 0.615. The van der Waals surface area contributed by atoms with Gasteiger partial charge >= 0.3 is 5.97 Å². The molecule has 0 aromatic carbocycles. The number of carboxylic acids is 1. The first-order valence-electron chi connectivity index (χ1n) is 6.41. The first-order chi connectivity index (χ1) is 8.93. The molecule has 0 unspecified atom stereocenters. The highest BCUT2D eigenvalue weighted by Gasteiger charge is 2.15. The lowest BCUT2D eigenvalue weighted by Gasteiger charge is -2.27. The fourth-order valence-electron chi connectivity index (χ4n) is 1.75. The van der Waals surface area contributed by atoms with Crippen LogP contribution in [0.5, 0.6) is 5.88 Å². The summed E-state index contributed by atoms with van der Waals surface area (Å²) in [6.07, 6.45) is 0.0746. The van der Waals surface area contributed by atoms with Gasteiger partial charge in [0.15, 0.2) is 0 Å². The van der Waals surface area contributed by atoms with Crippen molar-refractivity contribution in [2.75, 3.05) is 18.1 Å². The van der Waals surface area contributed by atoms with Crippen molar-refractivity contribution in [2.24, 2.45) is 0 Å². The van der Waals surface area contributed by atoms with Crippen molar-refractivity contribution in [3.8, 4) is 5.88 Å². The highest BCUT2D eigenvalue weighted by atomic mass is 16.5. The molecular formula is C13H21N3O3. The normalized spacial score (nSPS) is 10.6. The summed E-state index contributed by atoms with van der Waals surface area (Å²) < 4.78 is 5.39. The van der Waals surface area contributed by atoms with Crippen molar-refractivity contribution in [3.63, 3.8) is 0 Å². The smallest absolute Gasteiger partial charge is 0.305 e. The zero-order chi connectivity index (χ0) is 14.4. The largest absolute Gasteiger partial charge is 0.481 e. The third kappa shape index (κ3) is 4.73. The van der Waals surface area contributed by atoms with E-state index in [4.69, 9.17) is 9.84 Å². The Morgan fingerprint density at radius 3 is 2.68 bits per heavy atom. The van der Waals surface area contributed by atoms with Gasteiger partial charge in [-0.15, -0.1) is 0 Å². The van der Waals surface area contributed by atoms with E-state index in [9.17, 15) is 4.79 Å². The molecule has 1 rings (SSSR count). The quantitative estimate of drug-likeness (QED) is 0.813. The van der Waals surface area contributed by atoms with Gasteiger partial charge in [-0.2, -0.15) is 4.98 Å². The van der Waals surface area contributed by atoms with Crippen molar-refractivity contribution >= 4 is 11.8 Å². The molecule has 0 saturated heterocycles. The van der Waals surface area contributed by atoms with Crippen molar-refractivity contribution in [1.29, 1.82) is 0 Å². The minimum atomic E-state index is -0.818. The van der Waals surface area contributed by atoms with E-state index in [1.165, 1.54) is 0 Å². The van der Waals surface area contributed by atoms with Gasteiger partial charge in [-0.25, -0.2) is 4.98 Å². The van der Waals surface area contributed by atoms with Crippen molar-refractivity contribution in [1.82, 2.24) is 9.97 Å². The number of aromatic nitrogens is 2. The Kier molecular flexibility index (Phi) is 5.54. The molecule has 1 heterocycles. The van der Waals surface area contributed by atoms with Crippen LogP contribution in [0.25, 0.3) is 0 Å². The summed E-state index contributed by atoms with van der Waals surface area (Å²) in [6, 6.07) is 1.90. The van der Waals surface area contributed by atoms with Gasteiger partial charge in [-0.05, 0) is 27.7 Å². The Morgan fingerprint density at radius 1 is 1.47 bits per heavy atom. The number of rotatable bonds is 7. The maximum atomic E-state index is 10.7. The van der Waals surface area contributed by atoms with Crippen LogP contribution in [0.15, 0.2) is 6.07 Å². The number of anilines is 1. The predicted octanol–water partition coefficient (Wildman–Crippen LogP) is 1.87. The van der Waals surface area contributed by atoms with Crippen LogP contribution in [0.2, 0.25) is 0 Å². The zero-order valence-corrected chi connectivity index (χ0v) is 11.9. The first-order valence-corrected chi connectivity index (χ1v) is 6.41. The third-order valence-corrected chi connectivity index (χ3v) is 2.58. The molecule has 106 valence electrons. The van der Waals surface area contributed by atoms with Gasteiger partial charge in [-0.3, -0.25) is 4.79 Å². The lowest BCUT2D eigenvalue weighted by Crippen LogP contribution is -2.33. The van der Waals surface area contributed by atoms with E-state index in [-0.39, 0.29) is 12.5 Å². The van der Waals surface area contributed by atoms with E-state index in [1.807, 2.05) is 25.7 Å². The molecule has 0 aliphatic rings. The van der Waals surface area contributed by atoms with Crippen LogP contribution < -0.4 is 9.64 Å². The Hall–Kier alpha value is -1.85. The standard InChI is InChI=1S/C13H21N3O3/c1-5-19-12-8-11(14-10(4)15-12)16(9(2)3)7-6-13(17)18/h8-9H,5-7H2,1-4H3,(H,17,18). The van der Waals surface area contributed by atoms with E-state index in [0.717, 1.165) is 0 Å². The van der Waals surface area contributed by atoms with Crippen LogP contribution in [0.4, 0.5) is 5.82 Å². The second kappa shape index (κ2) is 6.92. The molecule has 0 aliphatic heterocycles. The van der Waals surface area contributed by atoms with E-state index in [2.05, 4.69) is 9.97 Å². The van der Waals surface area contributed by atoms with Crippen LogP contribution in [-0.4, -0.2) is 40.2 Å². The molecule has 0 amide bonds. The molecule has 1 N–H and O–H groups in total. The van der Waals surface area contributed by atoms with Gasteiger partial charge in [-0.1, -0.05) is 0 Å². The molecule has 0 bridgehead atoms. The molecule has 1 aromatic heterocycles. The average Bonchev–Trinajstić information content (AvgIpc) is 2.27. The van der Waals surface area contributed by atoms with Crippen LogP contribution in [0.3, 0.4) is 0 Å². The van der Waals surface area contributed by atoms with Gasteiger partial charge in [0.2, 0.25) is 5.88 Å². The Morgan fingerprint density at radius 2 is 2.16 bits per heavy atom. The van der Waals surface area contributed by atoms with Gasteiger partial charge < -0.3 is 14.7 Å². The molecule has 0 saturated carbocycles. The number of carboxylic acid groups (broad SMARTS) is 1. The summed E-state index contributed by atoms with van der Waals surface area (Å²) in [5.74, 6) is 1.02. The molecule has 1 aromatic rings. The summed E-state index contributed by atoms with van der Waals surface area (Å²) >= 11 is 0. The minimum Gasteiger partial charge on any atom is -0.481 e. The van der Waals surface area contributed by atoms with Crippen LogP contribution in [-0.2, 0) is 4.79 Å². The second-order valence-corrected chi connectivity index (χ2v) is 4.48. The summed E-state index contributed by atoms with van der Waals surface area (Å²) in [5.41, 5.74) is 0. The van der Waals surface area contributed by atoms with Gasteiger partial charge in [0, 0.05) is 18.7 Å². The Labute approximate surface area is 113 Å². The highest BCUT2D eigenvalue weighted by Crippen LogP contribution is 2.20. The van der Waals surface area contributed by atoms with Crippen LogP contribution in [0.1, 0.15) is 33.0 Å². The van der Waals surface area contributed by atoms with Gasteiger partial charge in [0.1, 0.15) is 11.6 Å². The number of hydrogen-bond acceptors (Lipinski definition) is 5. The van der Waals surface area contributed by atoms with Gasteiger partial charge in [0.25, 0.3) is 0 Å². The van der Waals surface area contributed by atoms with Crippen molar-refractivity contribution < 1.29 is 14.6 Å². The molecule has 6 heteroatoms. The number of aryl methyl sites for hydroxylation is 1. The van der Waals surface area contributed by atoms with Gasteiger partial charge in [0.05, 0.1) is 13.0 Å². The van der Waals surface area contributed by atoms with Crippen LogP contribution in [0, 0.1) is 6.92 Å². The number of hydrogen-bond donors (Lipinski definition) is 1. The molecule has 6 nitrogen and oxygen atoms in total. The number of carbonyl (C=O) groups is 1. The zero-order valence-electron chi connectivity index (χ0n) is 11.9. The maximum Gasteiger partial charge on any atom is 0.305 e. The molecule has 19 heavy (non-hydrogen) atoms. The molecule has 0 radical (unpaired) electrons. The van der Waals surface area contributed by atoms with Crippen molar-refractivity contribution in [3.05, 3.63) is 11.9 Å². The molecule has 0 aliphatic carbocycles. The fourth-order valence-corrected chi connectivity index (χ4v) is 1.75. The Bertz CT molecular complexity index is 435. The summed E-state index contributed by atoms with van der Waals surface area (Å²) in [5, 5.41) is 8.80. The lowest BCUT2D eigenvalue weighted by molar-refractivity contribution is -0.136. The van der Waals surface area contributed by atoms with E-state index >= 15 is 0 Å². The predicted molar refractivity (Wildman–Crippen MR) is 72.7 cm³/mol. The topological polar surface area (TPSA) is 75.5 Å². The third-order valence-electron chi connectivity index (χ3n) is 2.58. The monoisotopic (exact) mass is 267 g/mol.